The molecule has 1 aliphatic rings. The average molecular weight is 324 g/mol. The first-order chi connectivity index (χ1) is 10.6. The molecule has 0 N–H and O–H groups in total. The Bertz CT molecular complexity index is 483. The molecule has 1 amide bonds. The number of likely N-dealkylation sites (N-methyl/N-ethyl adjacent to an activating group) is 1. The first kappa shape index (κ1) is 17.3. The van der Waals surface area contributed by atoms with Crippen LogP contribution in [0.3, 0.4) is 0 Å². The molecule has 0 aliphatic carbocycles. The molecule has 0 saturated carbocycles. The third-order valence-corrected chi connectivity index (χ3v) is 4.70. The van der Waals surface area contributed by atoms with Gasteiger partial charge in [0.15, 0.2) is 0 Å². The van der Waals surface area contributed by atoms with Crippen molar-refractivity contribution < 1.29 is 4.79 Å². The predicted octanol–water partition coefficient (Wildman–Crippen LogP) is 2.33. The van der Waals surface area contributed by atoms with Gasteiger partial charge in [0.2, 0.25) is 5.91 Å². The van der Waals surface area contributed by atoms with E-state index in [9.17, 15) is 4.79 Å². The standard InChI is InChI=1S/C17H26ClN3O/c1-3-19(4-2)14-17(22)21-11-9-20(10-12-21)13-15-7-5-6-8-16(15)18/h5-8H,3-4,9-14H2,1-2H3. The van der Waals surface area contributed by atoms with Crippen molar-refractivity contribution in [1.29, 1.82) is 0 Å². The fourth-order valence-electron chi connectivity index (χ4n) is 2.76. The van der Waals surface area contributed by atoms with Crippen LogP contribution < -0.4 is 0 Å². The van der Waals surface area contributed by atoms with Crippen molar-refractivity contribution in [1.82, 2.24) is 14.7 Å². The van der Waals surface area contributed by atoms with Crippen molar-refractivity contribution >= 4 is 17.5 Å². The van der Waals surface area contributed by atoms with E-state index in [4.69, 9.17) is 11.6 Å². The topological polar surface area (TPSA) is 26.8 Å². The minimum Gasteiger partial charge on any atom is -0.339 e. The van der Waals surface area contributed by atoms with Gasteiger partial charge in [-0.2, -0.15) is 0 Å². The van der Waals surface area contributed by atoms with E-state index in [1.807, 2.05) is 23.1 Å². The van der Waals surface area contributed by atoms with Crippen LogP contribution in [-0.4, -0.2) is 66.4 Å². The second-order valence-corrected chi connectivity index (χ2v) is 6.12. The van der Waals surface area contributed by atoms with Crippen LogP contribution in [0, 0.1) is 0 Å². The van der Waals surface area contributed by atoms with E-state index < -0.39 is 0 Å². The Morgan fingerprint density at radius 1 is 1.14 bits per heavy atom. The van der Waals surface area contributed by atoms with E-state index in [1.54, 1.807) is 0 Å². The number of hydrogen-bond acceptors (Lipinski definition) is 3. The SMILES string of the molecule is CCN(CC)CC(=O)N1CCN(Cc2ccccc2Cl)CC1. The van der Waals surface area contributed by atoms with E-state index in [0.717, 1.165) is 56.4 Å². The van der Waals surface area contributed by atoms with E-state index in [2.05, 4.69) is 29.7 Å². The molecule has 1 fully saturated rings. The number of carbonyl (C=O) groups excluding carboxylic acids is 1. The molecule has 1 aromatic rings. The molecule has 1 heterocycles. The Morgan fingerprint density at radius 3 is 2.36 bits per heavy atom. The Labute approximate surface area is 138 Å². The number of nitrogens with zero attached hydrogens (tertiary/aromatic N) is 3. The lowest BCUT2D eigenvalue weighted by atomic mass is 10.2. The minimum absolute atomic E-state index is 0.251. The normalized spacial score (nSPS) is 16.3. The number of halogens is 1. The molecule has 1 saturated heterocycles. The quantitative estimate of drug-likeness (QED) is 0.804. The Kier molecular flexibility index (Phi) is 6.68. The number of rotatable bonds is 6. The largest absolute Gasteiger partial charge is 0.339 e. The third-order valence-electron chi connectivity index (χ3n) is 4.33. The van der Waals surface area contributed by atoms with Crippen molar-refractivity contribution in [2.75, 3.05) is 45.8 Å². The summed E-state index contributed by atoms with van der Waals surface area (Å²) >= 11 is 6.22. The van der Waals surface area contributed by atoms with Crippen molar-refractivity contribution in [3.63, 3.8) is 0 Å². The Balaban J connectivity index is 1.80. The van der Waals surface area contributed by atoms with Gasteiger partial charge >= 0.3 is 0 Å². The summed E-state index contributed by atoms with van der Waals surface area (Å²) < 4.78 is 0. The van der Waals surface area contributed by atoms with Crippen LogP contribution in [0.5, 0.6) is 0 Å². The summed E-state index contributed by atoms with van der Waals surface area (Å²) in [6.45, 7) is 10.9. The lowest BCUT2D eigenvalue weighted by Crippen LogP contribution is -2.50. The van der Waals surface area contributed by atoms with Crippen LogP contribution in [0.4, 0.5) is 0 Å². The molecule has 5 heteroatoms. The van der Waals surface area contributed by atoms with Gasteiger partial charge in [-0.25, -0.2) is 0 Å². The number of amides is 1. The van der Waals surface area contributed by atoms with Crippen molar-refractivity contribution in [2.45, 2.75) is 20.4 Å². The molecular formula is C17H26ClN3O. The van der Waals surface area contributed by atoms with E-state index in [-0.39, 0.29) is 5.91 Å². The van der Waals surface area contributed by atoms with Crippen LogP contribution in [-0.2, 0) is 11.3 Å². The molecular weight excluding hydrogens is 298 g/mol. The van der Waals surface area contributed by atoms with Gasteiger partial charge in [-0.3, -0.25) is 14.6 Å². The summed E-state index contributed by atoms with van der Waals surface area (Å²) in [6, 6.07) is 7.97. The van der Waals surface area contributed by atoms with E-state index in [0.29, 0.717) is 6.54 Å². The highest BCUT2D eigenvalue weighted by Crippen LogP contribution is 2.17. The first-order valence-electron chi connectivity index (χ1n) is 8.10. The lowest BCUT2D eigenvalue weighted by Gasteiger charge is -2.35. The number of piperazine rings is 1. The summed E-state index contributed by atoms with van der Waals surface area (Å²) in [5.74, 6) is 0.251. The van der Waals surface area contributed by atoms with Crippen LogP contribution >= 0.6 is 11.6 Å². The first-order valence-corrected chi connectivity index (χ1v) is 8.47. The van der Waals surface area contributed by atoms with E-state index in [1.165, 1.54) is 0 Å². The van der Waals surface area contributed by atoms with Gasteiger partial charge in [-0.1, -0.05) is 43.6 Å². The lowest BCUT2D eigenvalue weighted by molar-refractivity contribution is -0.134. The van der Waals surface area contributed by atoms with Gasteiger partial charge < -0.3 is 4.90 Å². The molecule has 0 radical (unpaired) electrons. The molecule has 0 unspecified atom stereocenters. The average Bonchev–Trinajstić information content (AvgIpc) is 2.55. The highest BCUT2D eigenvalue weighted by Gasteiger charge is 2.22. The van der Waals surface area contributed by atoms with Gasteiger partial charge in [0, 0.05) is 37.7 Å². The molecule has 1 aliphatic heterocycles. The molecule has 22 heavy (non-hydrogen) atoms. The summed E-state index contributed by atoms with van der Waals surface area (Å²) in [6.07, 6.45) is 0. The summed E-state index contributed by atoms with van der Waals surface area (Å²) in [4.78, 5) is 18.8. The molecule has 122 valence electrons. The highest BCUT2D eigenvalue weighted by atomic mass is 35.5. The fourth-order valence-corrected chi connectivity index (χ4v) is 2.96. The monoisotopic (exact) mass is 323 g/mol. The van der Waals surface area contributed by atoms with Gasteiger partial charge in [-0.15, -0.1) is 0 Å². The molecule has 4 nitrogen and oxygen atoms in total. The zero-order chi connectivity index (χ0) is 15.9. The molecule has 0 atom stereocenters. The zero-order valence-corrected chi connectivity index (χ0v) is 14.4. The highest BCUT2D eigenvalue weighted by molar-refractivity contribution is 6.31. The van der Waals surface area contributed by atoms with Crippen LogP contribution in [0.15, 0.2) is 24.3 Å². The second-order valence-electron chi connectivity index (χ2n) is 5.71. The van der Waals surface area contributed by atoms with Crippen LogP contribution in [0.2, 0.25) is 5.02 Å². The number of benzene rings is 1. The van der Waals surface area contributed by atoms with Crippen LogP contribution in [0.25, 0.3) is 0 Å². The van der Waals surface area contributed by atoms with Gasteiger partial charge in [0.1, 0.15) is 0 Å². The minimum atomic E-state index is 0.251. The molecule has 0 aromatic heterocycles. The summed E-state index contributed by atoms with van der Waals surface area (Å²) in [5.41, 5.74) is 1.16. The molecule has 2 rings (SSSR count). The number of carbonyl (C=O) groups is 1. The summed E-state index contributed by atoms with van der Waals surface area (Å²) in [5, 5.41) is 0.822. The van der Waals surface area contributed by atoms with E-state index >= 15 is 0 Å². The zero-order valence-electron chi connectivity index (χ0n) is 13.6. The molecule has 0 bridgehead atoms. The predicted molar refractivity (Wildman–Crippen MR) is 91.1 cm³/mol. The van der Waals surface area contributed by atoms with Gasteiger partial charge in [0.25, 0.3) is 0 Å². The third kappa shape index (κ3) is 4.70. The van der Waals surface area contributed by atoms with Gasteiger partial charge in [0.05, 0.1) is 6.54 Å². The maximum Gasteiger partial charge on any atom is 0.236 e. The molecule has 1 aromatic carbocycles. The van der Waals surface area contributed by atoms with Crippen molar-refractivity contribution in [2.24, 2.45) is 0 Å². The molecule has 0 spiro atoms. The maximum absolute atomic E-state index is 12.3. The Hall–Kier alpha value is -1.10. The maximum atomic E-state index is 12.3. The van der Waals surface area contributed by atoms with Crippen LogP contribution in [0.1, 0.15) is 19.4 Å². The fraction of sp³-hybridized carbons (Fsp3) is 0.588. The smallest absolute Gasteiger partial charge is 0.236 e. The summed E-state index contributed by atoms with van der Waals surface area (Å²) in [7, 11) is 0. The number of hydrogen-bond donors (Lipinski definition) is 0. The van der Waals surface area contributed by atoms with Crippen molar-refractivity contribution in [3.05, 3.63) is 34.9 Å². The van der Waals surface area contributed by atoms with Crippen molar-refractivity contribution in [3.8, 4) is 0 Å². The Morgan fingerprint density at radius 2 is 1.77 bits per heavy atom. The second kappa shape index (κ2) is 8.51. The van der Waals surface area contributed by atoms with Gasteiger partial charge in [-0.05, 0) is 24.7 Å².